The number of hydrogen-bond acceptors (Lipinski definition) is 3. The molecular formula is C10H16O4. The molecule has 0 amide bonds. The topological polar surface area (TPSA) is 55.8 Å². The van der Waals surface area contributed by atoms with Crippen molar-refractivity contribution in [1.29, 1.82) is 0 Å². The second kappa shape index (κ2) is 3.87. The second-order valence-corrected chi connectivity index (χ2v) is 4.20. The first-order chi connectivity index (χ1) is 6.72. The Balaban J connectivity index is 1.96. The van der Waals surface area contributed by atoms with Crippen molar-refractivity contribution in [3.8, 4) is 0 Å². The maximum atomic E-state index is 11.0. The second-order valence-electron chi connectivity index (χ2n) is 4.20. The van der Waals surface area contributed by atoms with Gasteiger partial charge < -0.3 is 14.6 Å². The number of rotatable bonds is 4. The zero-order valence-corrected chi connectivity index (χ0v) is 8.31. The van der Waals surface area contributed by atoms with Crippen LogP contribution in [0.3, 0.4) is 0 Å². The fraction of sp³-hybridized carbons (Fsp3) is 0.900. The number of methoxy groups -OCH3 is 1. The first-order valence-electron chi connectivity index (χ1n) is 5.09. The molecule has 1 N–H and O–H groups in total. The lowest BCUT2D eigenvalue weighted by Crippen LogP contribution is -2.25. The highest BCUT2D eigenvalue weighted by atomic mass is 16.5. The molecule has 2 fully saturated rings. The van der Waals surface area contributed by atoms with Gasteiger partial charge in [0.25, 0.3) is 0 Å². The van der Waals surface area contributed by atoms with Crippen molar-refractivity contribution < 1.29 is 19.4 Å². The summed E-state index contributed by atoms with van der Waals surface area (Å²) in [6, 6.07) is 0. The maximum Gasteiger partial charge on any atom is 0.309 e. The van der Waals surface area contributed by atoms with Crippen molar-refractivity contribution in [2.45, 2.75) is 31.5 Å². The molecule has 0 radical (unpaired) electrons. The first kappa shape index (κ1) is 9.93. The summed E-state index contributed by atoms with van der Waals surface area (Å²) in [5.74, 6) is -0.555. The largest absolute Gasteiger partial charge is 0.481 e. The van der Waals surface area contributed by atoms with E-state index in [1.807, 2.05) is 0 Å². The predicted molar refractivity (Wildman–Crippen MR) is 49.0 cm³/mol. The summed E-state index contributed by atoms with van der Waals surface area (Å²) >= 11 is 0. The van der Waals surface area contributed by atoms with Gasteiger partial charge in [-0.2, -0.15) is 0 Å². The van der Waals surface area contributed by atoms with E-state index >= 15 is 0 Å². The molecule has 14 heavy (non-hydrogen) atoms. The Kier molecular flexibility index (Phi) is 2.74. The summed E-state index contributed by atoms with van der Waals surface area (Å²) < 4.78 is 10.7. The maximum absolute atomic E-state index is 11.0. The number of aliphatic carboxylic acids is 1. The number of carboxylic acids is 1. The first-order valence-corrected chi connectivity index (χ1v) is 5.09. The van der Waals surface area contributed by atoms with Crippen LogP contribution in [0.25, 0.3) is 0 Å². The molecule has 4 heteroatoms. The number of hydrogen-bond donors (Lipinski definition) is 1. The number of carbonyl (C=O) groups is 1. The molecule has 1 heterocycles. The van der Waals surface area contributed by atoms with Gasteiger partial charge in [-0.3, -0.25) is 4.79 Å². The quantitative estimate of drug-likeness (QED) is 0.732. The lowest BCUT2D eigenvalue weighted by atomic mass is 9.96. The summed E-state index contributed by atoms with van der Waals surface area (Å²) in [5, 5.41) is 9.03. The van der Waals surface area contributed by atoms with E-state index in [1.54, 1.807) is 7.11 Å². The molecule has 0 bridgehead atoms. The summed E-state index contributed by atoms with van der Waals surface area (Å²) in [6.45, 7) is 0.507. The molecule has 80 valence electrons. The molecule has 3 unspecified atom stereocenters. The smallest absolute Gasteiger partial charge is 0.309 e. The fourth-order valence-electron chi connectivity index (χ4n) is 2.19. The third-order valence-corrected chi connectivity index (χ3v) is 3.02. The van der Waals surface area contributed by atoms with Crippen molar-refractivity contribution >= 4 is 5.97 Å². The average molecular weight is 200 g/mol. The van der Waals surface area contributed by atoms with Crippen LogP contribution in [0, 0.1) is 11.8 Å². The third kappa shape index (κ3) is 1.91. The van der Waals surface area contributed by atoms with E-state index in [0.29, 0.717) is 18.9 Å². The monoisotopic (exact) mass is 200 g/mol. The van der Waals surface area contributed by atoms with Crippen LogP contribution in [0.4, 0.5) is 0 Å². The zero-order chi connectivity index (χ0) is 10.1. The lowest BCUT2D eigenvalue weighted by molar-refractivity contribution is -0.144. The van der Waals surface area contributed by atoms with Crippen LogP contribution in [-0.2, 0) is 14.3 Å². The van der Waals surface area contributed by atoms with Gasteiger partial charge in [-0.05, 0) is 25.2 Å². The van der Waals surface area contributed by atoms with Crippen LogP contribution in [0.2, 0.25) is 0 Å². The van der Waals surface area contributed by atoms with Crippen LogP contribution < -0.4 is 0 Å². The Morgan fingerprint density at radius 1 is 1.57 bits per heavy atom. The van der Waals surface area contributed by atoms with Crippen LogP contribution in [-0.4, -0.2) is 37.0 Å². The molecule has 1 aliphatic heterocycles. The molecule has 0 aromatic heterocycles. The van der Waals surface area contributed by atoms with E-state index in [0.717, 1.165) is 12.8 Å². The van der Waals surface area contributed by atoms with Gasteiger partial charge >= 0.3 is 5.97 Å². The van der Waals surface area contributed by atoms with Crippen molar-refractivity contribution in [3.05, 3.63) is 0 Å². The van der Waals surface area contributed by atoms with Crippen molar-refractivity contribution in [2.24, 2.45) is 11.8 Å². The minimum Gasteiger partial charge on any atom is -0.481 e. The molecule has 0 aromatic rings. The van der Waals surface area contributed by atoms with E-state index in [4.69, 9.17) is 14.6 Å². The Bertz CT molecular complexity index is 224. The molecule has 4 nitrogen and oxygen atoms in total. The Morgan fingerprint density at radius 3 is 2.79 bits per heavy atom. The van der Waals surface area contributed by atoms with Crippen LogP contribution >= 0.6 is 0 Å². The SMILES string of the molecule is COCC1CC(C(=O)O)C(C2CC2)O1. The van der Waals surface area contributed by atoms with Gasteiger partial charge in [-0.1, -0.05) is 0 Å². The van der Waals surface area contributed by atoms with Gasteiger partial charge in [0.2, 0.25) is 0 Å². The van der Waals surface area contributed by atoms with Crippen LogP contribution in [0.15, 0.2) is 0 Å². The molecule has 1 aliphatic carbocycles. The lowest BCUT2D eigenvalue weighted by Gasteiger charge is -2.14. The molecule has 2 aliphatic rings. The highest BCUT2D eigenvalue weighted by molar-refractivity contribution is 5.71. The summed E-state index contributed by atoms with van der Waals surface area (Å²) in [5.41, 5.74) is 0. The standard InChI is InChI=1S/C10H16O4/c1-13-5-7-4-8(10(11)12)9(14-7)6-2-3-6/h6-9H,2-5H2,1H3,(H,11,12). The highest BCUT2D eigenvalue weighted by Gasteiger charge is 2.47. The fourth-order valence-corrected chi connectivity index (χ4v) is 2.19. The minimum atomic E-state index is -0.722. The van der Waals surface area contributed by atoms with Crippen LogP contribution in [0.5, 0.6) is 0 Å². The average Bonchev–Trinajstić information content (AvgIpc) is 2.88. The van der Waals surface area contributed by atoms with Gasteiger partial charge in [-0.25, -0.2) is 0 Å². The van der Waals surface area contributed by atoms with Crippen molar-refractivity contribution in [1.82, 2.24) is 0 Å². The summed E-state index contributed by atoms with van der Waals surface area (Å²) in [4.78, 5) is 11.0. The van der Waals surface area contributed by atoms with Crippen molar-refractivity contribution in [3.63, 3.8) is 0 Å². The number of ether oxygens (including phenoxy) is 2. The minimum absolute atomic E-state index is 0.0216. The van der Waals surface area contributed by atoms with Gasteiger partial charge in [0.15, 0.2) is 0 Å². The molecule has 1 saturated heterocycles. The Morgan fingerprint density at radius 2 is 2.29 bits per heavy atom. The van der Waals surface area contributed by atoms with E-state index in [-0.39, 0.29) is 18.1 Å². The predicted octanol–water partition coefficient (Wildman–Crippen LogP) is 0.901. The molecule has 3 atom stereocenters. The third-order valence-electron chi connectivity index (χ3n) is 3.02. The Hall–Kier alpha value is -0.610. The Labute approximate surface area is 83.2 Å². The van der Waals surface area contributed by atoms with E-state index in [1.165, 1.54) is 0 Å². The molecular weight excluding hydrogens is 184 g/mol. The zero-order valence-electron chi connectivity index (χ0n) is 8.31. The van der Waals surface area contributed by atoms with Crippen LogP contribution in [0.1, 0.15) is 19.3 Å². The van der Waals surface area contributed by atoms with Gasteiger partial charge in [-0.15, -0.1) is 0 Å². The van der Waals surface area contributed by atoms with Gasteiger partial charge in [0.1, 0.15) is 0 Å². The number of carboxylic acid groups (broad SMARTS) is 1. The summed E-state index contributed by atoms with van der Waals surface area (Å²) in [7, 11) is 1.61. The molecule has 1 saturated carbocycles. The molecule has 2 rings (SSSR count). The highest BCUT2D eigenvalue weighted by Crippen LogP contribution is 2.43. The summed E-state index contributed by atoms with van der Waals surface area (Å²) in [6.07, 6.45) is 2.76. The van der Waals surface area contributed by atoms with Crippen molar-refractivity contribution in [2.75, 3.05) is 13.7 Å². The van der Waals surface area contributed by atoms with E-state index < -0.39 is 5.97 Å². The molecule has 0 aromatic carbocycles. The van der Waals surface area contributed by atoms with Gasteiger partial charge in [0.05, 0.1) is 24.7 Å². The molecule has 0 spiro atoms. The normalized spacial score (nSPS) is 37.4. The van der Waals surface area contributed by atoms with E-state index in [9.17, 15) is 4.79 Å². The van der Waals surface area contributed by atoms with E-state index in [2.05, 4.69) is 0 Å². The van der Waals surface area contributed by atoms with Gasteiger partial charge in [0, 0.05) is 7.11 Å².